The molecule has 0 radical (unpaired) electrons. The van der Waals surface area contributed by atoms with Gasteiger partial charge in [-0.3, -0.25) is 0 Å². The van der Waals surface area contributed by atoms with E-state index in [4.69, 9.17) is 9.47 Å². The van der Waals surface area contributed by atoms with Crippen molar-refractivity contribution in [2.45, 2.75) is 25.4 Å². The highest BCUT2D eigenvalue weighted by Crippen LogP contribution is 2.15. The van der Waals surface area contributed by atoms with Crippen molar-refractivity contribution in [1.82, 2.24) is 15.1 Å². The number of likely N-dealkylation sites (tertiary alicyclic amines) is 1. The summed E-state index contributed by atoms with van der Waals surface area (Å²) in [6.45, 7) is 3.62. The summed E-state index contributed by atoms with van der Waals surface area (Å²) >= 11 is 0. The molecule has 2 rings (SSSR count). The van der Waals surface area contributed by atoms with Crippen LogP contribution in [-0.4, -0.2) is 69.4 Å². The van der Waals surface area contributed by atoms with Crippen LogP contribution < -0.4 is 10.1 Å². The lowest BCUT2D eigenvalue weighted by Gasteiger charge is -2.32. The van der Waals surface area contributed by atoms with E-state index in [1.807, 2.05) is 24.3 Å². The summed E-state index contributed by atoms with van der Waals surface area (Å²) in [5.41, 5.74) is 1.04. The van der Waals surface area contributed by atoms with Crippen LogP contribution in [0.1, 0.15) is 18.4 Å². The number of nitrogens with one attached hydrogen (secondary N) is 1. The normalized spacial score (nSPS) is 18.2. The quantitative estimate of drug-likeness (QED) is 0.827. The molecule has 1 atom stereocenters. The molecule has 1 aromatic carbocycles. The van der Waals surface area contributed by atoms with Crippen molar-refractivity contribution in [3.05, 3.63) is 29.8 Å². The maximum atomic E-state index is 12.7. The predicted octanol–water partition coefficient (Wildman–Crippen LogP) is 1.95. The van der Waals surface area contributed by atoms with E-state index in [0.717, 1.165) is 37.2 Å². The number of hydrogen-bond donors (Lipinski definition) is 1. The van der Waals surface area contributed by atoms with Crippen molar-refractivity contribution in [3.8, 4) is 5.75 Å². The van der Waals surface area contributed by atoms with Crippen LogP contribution in [0.15, 0.2) is 24.3 Å². The summed E-state index contributed by atoms with van der Waals surface area (Å²) in [5, 5.41) is 3.17. The predicted molar refractivity (Wildman–Crippen MR) is 94.3 cm³/mol. The van der Waals surface area contributed by atoms with Crippen LogP contribution in [0.3, 0.4) is 0 Å². The molecule has 1 aliphatic rings. The van der Waals surface area contributed by atoms with Crippen LogP contribution in [-0.2, 0) is 11.3 Å². The molecule has 2 amide bonds. The van der Waals surface area contributed by atoms with Gasteiger partial charge in [-0.15, -0.1) is 0 Å². The number of benzene rings is 1. The second-order valence-corrected chi connectivity index (χ2v) is 6.32. The fourth-order valence-electron chi connectivity index (χ4n) is 3.00. The first-order valence-corrected chi connectivity index (χ1v) is 8.48. The molecule has 0 saturated carbocycles. The third-order valence-corrected chi connectivity index (χ3v) is 4.31. The highest BCUT2D eigenvalue weighted by molar-refractivity contribution is 5.74. The zero-order valence-electron chi connectivity index (χ0n) is 15.0. The number of methoxy groups -OCH3 is 2. The van der Waals surface area contributed by atoms with Gasteiger partial charge in [-0.05, 0) is 44.1 Å². The molecule has 1 aliphatic heterocycles. The summed E-state index contributed by atoms with van der Waals surface area (Å²) in [5.74, 6) is 0.800. The van der Waals surface area contributed by atoms with Crippen molar-refractivity contribution >= 4 is 6.03 Å². The second kappa shape index (κ2) is 9.49. The first-order chi connectivity index (χ1) is 11.6. The van der Waals surface area contributed by atoms with E-state index in [2.05, 4.69) is 17.3 Å². The van der Waals surface area contributed by atoms with Gasteiger partial charge in [0.2, 0.25) is 0 Å². The molecule has 1 fully saturated rings. The molecule has 0 bridgehead atoms. The molecule has 1 unspecified atom stereocenters. The van der Waals surface area contributed by atoms with E-state index in [1.165, 1.54) is 0 Å². The topological polar surface area (TPSA) is 54.0 Å². The Balaban J connectivity index is 1.98. The number of nitrogens with zero attached hydrogens (tertiary/aromatic N) is 2. The maximum absolute atomic E-state index is 12.7. The van der Waals surface area contributed by atoms with Gasteiger partial charge >= 0.3 is 6.03 Å². The van der Waals surface area contributed by atoms with Crippen molar-refractivity contribution in [2.75, 3.05) is 47.5 Å². The Kier molecular flexibility index (Phi) is 7.34. The summed E-state index contributed by atoms with van der Waals surface area (Å²) < 4.78 is 10.4. The summed E-state index contributed by atoms with van der Waals surface area (Å²) in [4.78, 5) is 16.8. The van der Waals surface area contributed by atoms with E-state index in [1.54, 1.807) is 19.1 Å². The third-order valence-electron chi connectivity index (χ3n) is 4.31. The molecule has 134 valence electrons. The lowest BCUT2D eigenvalue weighted by atomic mass is 10.1. The van der Waals surface area contributed by atoms with E-state index < -0.39 is 0 Å². The highest BCUT2D eigenvalue weighted by Gasteiger charge is 2.22. The molecule has 6 nitrogen and oxygen atoms in total. The van der Waals surface area contributed by atoms with Crippen LogP contribution in [0, 0.1) is 0 Å². The average Bonchev–Trinajstić information content (AvgIpc) is 2.58. The van der Waals surface area contributed by atoms with E-state index in [9.17, 15) is 4.79 Å². The Bertz CT molecular complexity index is 524. The van der Waals surface area contributed by atoms with Crippen molar-refractivity contribution in [2.24, 2.45) is 0 Å². The number of carbonyl (C=O) groups is 1. The number of piperidine rings is 1. The number of likely N-dealkylation sites (N-methyl/N-ethyl adjacent to an activating group) is 1. The number of carbonyl (C=O) groups excluding carboxylic acids is 1. The zero-order chi connectivity index (χ0) is 17.4. The third kappa shape index (κ3) is 5.69. The van der Waals surface area contributed by atoms with Crippen LogP contribution >= 0.6 is 0 Å². The molecule has 1 N–H and O–H groups in total. The molecule has 24 heavy (non-hydrogen) atoms. The van der Waals surface area contributed by atoms with Gasteiger partial charge in [-0.25, -0.2) is 4.79 Å². The van der Waals surface area contributed by atoms with E-state index in [0.29, 0.717) is 19.7 Å². The van der Waals surface area contributed by atoms with E-state index in [-0.39, 0.29) is 12.1 Å². The first-order valence-electron chi connectivity index (χ1n) is 8.48. The van der Waals surface area contributed by atoms with Crippen molar-refractivity contribution < 1.29 is 14.3 Å². The van der Waals surface area contributed by atoms with Gasteiger partial charge in [0.15, 0.2) is 0 Å². The van der Waals surface area contributed by atoms with Gasteiger partial charge < -0.3 is 24.6 Å². The van der Waals surface area contributed by atoms with Crippen molar-refractivity contribution in [3.63, 3.8) is 0 Å². The lowest BCUT2D eigenvalue weighted by molar-refractivity contribution is 0.140. The fraction of sp³-hybridized carbons (Fsp3) is 0.611. The zero-order valence-corrected chi connectivity index (χ0v) is 15.0. The van der Waals surface area contributed by atoms with Crippen LogP contribution in [0.5, 0.6) is 5.75 Å². The molecule has 1 saturated heterocycles. The number of urea groups is 1. The Morgan fingerprint density at radius 1 is 1.42 bits per heavy atom. The molecule has 1 aromatic rings. The standard InChI is InChI=1S/C18H29N3O3/c1-20-9-5-7-16(14-20)19-18(22)21(10-11-23-2)13-15-6-4-8-17(12-15)24-3/h4,6,8,12,16H,5,7,9-11,13-14H2,1-3H3,(H,19,22). The monoisotopic (exact) mass is 335 g/mol. The van der Waals surface area contributed by atoms with Gasteiger partial charge in [0.25, 0.3) is 0 Å². The summed E-state index contributed by atoms with van der Waals surface area (Å²) in [6, 6.07) is 7.99. The summed E-state index contributed by atoms with van der Waals surface area (Å²) in [7, 11) is 5.39. The average molecular weight is 335 g/mol. The number of rotatable bonds is 7. The lowest BCUT2D eigenvalue weighted by Crippen LogP contribution is -2.51. The first kappa shape index (κ1) is 18.5. The highest BCUT2D eigenvalue weighted by atomic mass is 16.5. The number of hydrogen-bond acceptors (Lipinski definition) is 4. The van der Waals surface area contributed by atoms with Crippen LogP contribution in [0.25, 0.3) is 0 Å². The fourth-order valence-corrected chi connectivity index (χ4v) is 3.00. The Morgan fingerprint density at radius 2 is 2.25 bits per heavy atom. The Hall–Kier alpha value is -1.79. The second-order valence-electron chi connectivity index (χ2n) is 6.32. The Labute approximate surface area is 144 Å². The van der Waals surface area contributed by atoms with E-state index >= 15 is 0 Å². The van der Waals surface area contributed by atoms with Crippen molar-refractivity contribution in [1.29, 1.82) is 0 Å². The minimum Gasteiger partial charge on any atom is -0.497 e. The van der Waals surface area contributed by atoms with Gasteiger partial charge in [-0.2, -0.15) is 0 Å². The molecule has 0 aromatic heterocycles. The maximum Gasteiger partial charge on any atom is 0.318 e. The molecule has 6 heteroatoms. The molecule has 0 aliphatic carbocycles. The molecular weight excluding hydrogens is 306 g/mol. The molecular formula is C18H29N3O3. The number of amides is 2. The largest absolute Gasteiger partial charge is 0.497 e. The number of ether oxygens (including phenoxy) is 2. The molecule has 1 heterocycles. The van der Waals surface area contributed by atoms with Gasteiger partial charge in [0.05, 0.1) is 13.7 Å². The smallest absolute Gasteiger partial charge is 0.318 e. The molecule has 0 spiro atoms. The van der Waals surface area contributed by atoms with Gasteiger partial charge in [0.1, 0.15) is 5.75 Å². The van der Waals surface area contributed by atoms with Crippen LogP contribution in [0.4, 0.5) is 4.79 Å². The minimum absolute atomic E-state index is 0.0323. The minimum atomic E-state index is -0.0323. The SMILES string of the molecule is COCCN(Cc1cccc(OC)c1)C(=O)NC1CCCN(C)C1. The van der Waals surface area contributed by atoms with Gasteiger partial charge in [-0.1, -0.05) is 12.1 Å². The van der Waals surface area contributed by atoms with Crippen LogP contribution in [0.2, 0.25) is 0 Å². The Morgan fingerprint density at radius 3 is 2.96 bits per heavy atom. The van der Waals surface area contributed by atoms with Gasteiger partial charge in [0, 0.05) is 32.8 Å². The summed E-state index contributed by atoms with van der Waals surface area (Å²) in [6.07, 6.45) is 2.16.